The summed E-state index contributed by atoms with van der Waals surface area (Å²) in [5.74, 6) is 0.619. The minimum Gasteiger partial charge on any atom is -0.361 e. The normalized spacial score (nSPS) is 10.8. The maximum absolute atomic E-state index is 5.96. The van der Waals surface area contributed by atoms with Crippen molar-refractivity contribution in [1.29, 1.82) is 0 Å². The van der Waals surface area contributed by atoms with Gasteiger partial charge in [-0.25, -0.2) is 4.98 Å². The van der Waals surface area contributed by atoms with Crippen LogP contribution in [0.2, 0.25) is 5.02 Å². The molecule has 0 amide bonds. The Morgan fingerprint density at radius 2 is 2.24 bits per heavy atom. The summed E-state index contributed by atoms with van der Waals surface area (Å²) in [4.78, 5) is 4.54. The largest absolute Gasteiger partial charge is 0.361 e. The number of anilines is 1. The second-order valence-electron chi connectivity index (χ2n) is 4.32. The lowest BCUT2D eigenvalue weighted by Gasteiger charge is -2.04. The first-order valence-electron chi connectivity index (χ1n) is 5.60. The predicted octanol–water partition coefficient (Wildman–Crippen LogP) is 4.53. The molecule has 0 unspecified atom stereocenters. The number of hydrogen-bond donors (Lipinski definition) is 1. The van der Waals surface area contributed by atoms with Gasteiger partial charge in [0.25, 0.3) is 0 Å². The van der Waals surface area contributed by atoms with E-state index in [4.69, 9.17) is 11.6 Å². The van der Waals surface area contributed by atoms with Crippen molar-refractivity contribution in [1.82, 2.24) is 4.98 Å². The number of aromatic nitrogens is 1. The van der Waals surface area contributed by atoms with Gasteiger partial charge in [-0.2, -0.15) is 0 Å². The van der Waals surface area contributed by atoms with Crippen LogP contribution < -0.4 is 5.32 Å². The average molecular weight is 267 g/mol. The van der Waals surface area contributed by atoms with Crippen molar-refractivity contribution in [3.05, 3.63) is 34.7 Å². The predicted molar refractivity (Wildman–Crippen MR) is 75.9 cm³/mol. The lowest BCUT2D eigenvalue weighted by atomic mass is 10.2. The zero-order valence-corrected chi connectivity index (χ0v) is 11.5. The smallest absolute Gasteiger partial charge is 0.183 e. The minimum absolute atomic E-state index is 0.619. The fourth-order valence-electron chi connectivity index (χ4n) is 1.43. The van der Waals surface area contributed by atoms with Gasteiger partial charge >= 0.3 is 0 Å². The van der Waals surface area contributed by atoms with Crippen molar-refractivity contribution in [2.75, 3.05) is 11.9 Å². The quantitative estimate of drug-likeness (QED) is 0.879. The van der Waals surface area contributed by atoms with Crippen molar-refractivity contribution in [3.63, 3.8) is 0 Å². The summed E-state index contributed by atoms with van der Waals surface area (Å²) >= 11 is 7.59. The lowest BCUT2D eigenvalue weighted by molar-refractivity contribution is 0.688. The van der Waals surface area contributed by atoms with Crippen LogP contribution >= 0.6 is 22.9 Å². The van der Waals surface area contributed by atoms with Crippen molar-refractivity contribution >= 4 is 28.1 Å². The lowest BCUT2D eigenvalue weighted by Crippen LogP contribution is -2.07. The van der Waals surface area contributed by atoms with Gasteiger partial charge in [0.2, 0.25) is 0 Å². The van der Waals surface area contributed by atoms with Gasteiger partial charge < -0.3 is 5.32 Å². The molecule has 2 nitrogen and oxygen atoms in total. The Morgan fingerprint density at radius 1 is 1.41 bits per heavy atom. The summed E-state index contributed by atoms with van der Waals surface area (Å²) < 4.78 is 0. The first-order chi connectivity index (χ1) is 8.15. The molecule has 0 saturated carbocycles. The molecule has 0 bridgehead atoms. The van der Waals surface area contributed by atoms with Crippen LogP contribution in [0.5, 0.6) is 0 Å². The van der Waals surface area contributed by atoms with E-state index in [9.17, 15) is 0 Å². The highest BCUT2D eigenvalue weighted by Crippen LogP contribution is 2.26. The molecule has 1 aromatic heterocycles. The van der Waals surface area contributed by atoms with Crippen LogP contribution in [-0.2, 0) is 0 Å². The number of nitrogens with zero attached hydrogens (tertiary/aromatic N) is 1. The van der Waals surface area contributed by atoms with E-state index in [1.807, 2.05) is 29.6 Å². The summed E-state index contributed by atoms with van der Waals surface area (Å²) in [7, 11) is 0. The van der Waals surface area contributed by atoms with E-state index in [-0.39, 0.29) is 0 Å². The van der Waals surface area contributed by atoms with Gasteiger partial charge in [0.1, 0.15) is 0 Å². The van der Waals surface area contributed by atoms with Gasteiger partial charge in [0.15, 0.2) is 5.13 Å². The summed E-state index contributed by atoms with van der Waals surface area (Å²) in [6.07, 6.45) is 0. The fraction of sp³-hybridized carbons (Fsp3) is 0.308. The van der Waals surface area contributed by atoms with Crippen LogP contribution in [0.4, 0.5) is 5.13 Å². The van der Waals surface area contributed by atoms with E-state index in [0.717, 1.165) is 28.0 Å². The van der Waals surface area contributed by atoms with Gasteiger partial charge in [0.05, 0.1) is 5.69 Å². The van der Waals surface area contributed by atoms with Crippen molar-refractivity contribution < 1.29 is 0 Å². The third-order valence-corrected chi connectivity index (χ3v) is 3.32. The molecule has 1 heterocycles. The molecular formula is C13H15ClN2S. The van der Waals surface area contributed by atoms with E-state index in [1.54, 1.807) is 11.3 Å². The Labute approximate surface area is 111 Å². The second-order valence-corrected chi connectivity index (χ2v) is 5.62. The third kappa shape index (κ3) is 3.45. The van der Waals surface area contributed by atoms with Crippen LogP contribution in [0.1, 0.15) is 13.8 Å². The van der Waals surface area contributed by atoms with E-state index in [1.165, 1.54) is 0 Å². The van der Waals surface area contributed by atoms with Crippen LogP contribution in [0, 0.1) is 5.92 Å². The molecule has 0 aliphatic heterocycles. The molecule has 0 atom stereocenters. The highest BCUT2D eigenvalue weighted by atomic mass is 35.5. The van der Waals surface area contributed by atoms with Gasteiger partial charge in [-0.1, -0.05) is 37.6 Å². The van der Waals surface area contributed by atoms with Crippen molar-refractivity contribution in [3.8, 4) is 11.3 Å². The summed E-state index contributed by atoms with van der Waals surface area (Å²) in [5, 5.41) is 7.08. The molecule has 0 spiro atoms. The SMILES string of the molecule is CC(C)CNc1nc(-c2cccc(Cl)c2)cs1. The molecule has 1 aromatic carbocycles. The second kappa shape index (κ2) is 5.52. The number of thiazole rings is 1. The van der Waals surface area contributed by atoms with Gasteiger partial charge in [-0.05, 0) is 18.1 Å². The molecule has 0 aliphatic carbocycles. The highest BCUT2D eigenvalue weighted by Gasteiger charge is 2.05. The Kier molecular flexibility index (Phi) is 4.02. The topological polar surface area (TPSA) is 24.9 Å². The Morgan fingerprint density at radius 3 is 2.94 bits per heavy atom. The third-order valence-electron chi connectivity index (χ3n) is 2.29. The van der Waals surface area contributed by atoms with Crippen LogP contribution in [0.3, 0.4) is 0 Å². The molecular weight excluding hydrogens is 252 g/mol. The van der Waals surface area contributed by atoms with Crippen LogP contribution in [0.25, 0.3) is 11.3 Å². The Bertz CT molecular complexity index is 494. The molecule has 90 valence electrons. The van der Waals surface area contributed by atoms with Gasteiger partial charge in [-0.15, -0.1) is 11.3 Å². The molecule has 4 heteroatoms. The summed E-state index contributed by atoms with van der Waals surface area (Å²) in [6.45, 7) is 5.31. The van der Waals surface area contributed by atoms with Crippen LogP contribution in [0.15, 0.2) is 29.6 Å². The fourth-order valence-corrected chi connectivity index (χ4v) is 2.35. The molecule has 0 saturated heterocycles. The first-order valence-corrected chi connectivity index (χ1v) is 6.86. The van der Waals surface area contributed by atoms with E-state index < -0.39 is 0 Å². The molecule has 0 aliphatic rings. The molecule has 2 aromatic rings. The number of benzene rings is 1. The monoisotopic (exact) mass is 266 g/mol. The molecule has 2 rings (SSSR count). The van der Waals surface area contributed by atoms with Gasteiger partial charge in [0, 0.05) is 22.5 Å². The van der Waals surface area contributed by atoms with E-state index >= 15 is 0 Å². The summed E-state index contributed by atoms with van der Waals surface area (Å²) in [6, 6.07) is 7.77. The maximum atomic E-state index is 5.96. The Balaban J connectivity index is 2.12. The standard InChI is InChI=1S/C13H15ClN2S/c1-9(2)7-15-13-16-12(8-17-13)10-4-3-5-11(14)6-10/h3-6,8-9H,7H2,1-2H3,(H,15,16). The highest BCUT2D eigenvalue weighted by molar-refractivity contribution is 7.14. The summed E-state index contributed by atoms with van der Waals surface area (Å²) in [5.41, 5.74) is 2.04. The van der Waals surface area contributed by atoms with Crippen LogP contribution in [-0.4, -0.2) is 11.5 Å². The van der Waals surface area contributed by atoms with E-state index in [2.05, 4.69) is 24.1 Å². The minimum atomic E-state index is 0.619. The number of nitrogens with one attached hydrogen (secondary N) is 1. The zero-order chi connectivity index (χ0) is 12.3. The molecule has 17 heavy (non-hydrogen) atoms. The number of halogens is 1. The van der Waals surface area contributed by atoms with E-state index in [0.29, 0.717) is 5.92 Å². The molecule has 0 fully saturated rings. The molecule has 0 radical (unpaired) electrons. The maximum Gasteiger partial charge on any atom is 0.183 e. The number of rotatable bonds is 4. The Hall–Kier alpha value is -1.06. The zero-order valence-electron chi connectivity index (χ0n) is 9.90. The average Bonchev–Trinajstić information content (AvgIpc) is 2.75. The van der Waals surface area contributed by atoms with Crippen molar-refractivity contribution in [2.24, 2.45) is 5.92 Å². The van der Waals surface area contributed by atoms with Crippen molar-refractivity contribution in [2.45, 2.75) is 13.8 Å². The molecule has 1 N–H and O–H groups in total. The number of hydrogen-bond acceptors (Lipinski definition) is 3. The van der Waals surface area contributed by atoms with Gasteiger partial charge in [-0.3, -0.25) is 0 Å². The first kappa shape index (κ1) is 12.4.